The van der Waals surface area contributed by atoms with Crippen molar-refractivity contribution in [3.63, 3.8) is 0 Å². The second kappa shape index (κ2) is 16.1. The molecule has 0 bridgehead atoms. The third-order valence-electron chi connectivity index (χ3n) is 8.84. The summed E-state index contributed by atoms with van der Waals surface area (Å²) in [6, 6.07) is 16.6. The summed E-state index contributed by atoms with van der Waals surface area (Å²) in [5.74, 6) is 3.83. The average Bonchev–Trinajstić information content (AvgIpc) is 3.05. The number of benzene rings is 3. The molecule has 0 radical (unpaired) electrons. The van der Waals surface area contributed by atoms with E-state index in [4.69, 9.17) is 40.4 Å². The molecule has 8 heteroatoms. The van der Waals surface area contributed by atoms with Crippen molar-refractivity contribution in [1.29, 1.82) is 0 Å². The van der Waals surface area contributed by atoms with Crippen molar-refractivity contribution >= 4 is 18.1 Å². The number of ether oxygens (including phenoxy) is 4. The molecule has 3 aromatic rings. The van der Waals surface area contributed by atoms with Gasteiger partial charge >= 0.3 is 0 Å². The lowest BCUT2D eigenvalue weighted by molar-refractivity contribution is -0.122. The Morgan fingerprint density at radius 1 is 0.886 bits per heavy atom. The van der Waals surface area contributed by atoms with Gasteiger partial charge in [-0.2, -0.15) is 0 Å². The van der Waals surface area contributed by atoms with Crippen LogP contribution in [0, 0.1) is 12.8 Å². The van der Waals surface area contributed by atoms with E-state index in [1.54, 1.807) is 0 Å². The van der Waals surface area contributed by atoms with Gasteiger partial charge in [0.2, 0.25) is 0 Å². The first-order chi connectivity index (χ1) is 21.6. The van der Waals surface area contributed by atoms with Crippen molar-refractivity contribution in [2.45, 2.75) is 71.4 Å². The van der Waals surface area contributed by atoms with Gasteiger partial charge in [0.15, 0.2) is 11.5 Å². The maximum Gasteiger partial charge on any atom is 0.290 e. The normalized spacial score (nSPS) is 16.9. The Hall–Kier alpha value is -3.42. The predicted octanol–water partition coefficient (Wildman–Crippen LogP) is 8.31. The molecule has 0 unspecified atom stereocenters. The van der Waals surface area contributed by atoms with Gasteiger partial charge in [0.25, 0.3) is 6.47 Å². The van der Waals surface area contributed by atoms with Crippen molar-refractivity contribution in [3.8, 4) is 34.1 Å². The fourth-order valence-corrected chi connectivity index (χ4v) is 6.62. The monoisotopic (exact) mass is 621 g/mol. The summed E-state index contributed by atoms with van der Waals surface area (Å²) in [6.45, 7) is 7.40. The highest BCUT2D eigenvalue weighted by molar-refractivity contribution is 6.32. The van der Waals surface area contributed by atoms with Gasteiger partial charge in [-0.05, 0) is 92.1 Å². The van der Waals surface area contributed by atoms with E-state index in [-0.39, 0.29) is 6.47 Å². The molecule has 0 amide bonds. The second-order valence-electron chi connectivity index (χ2n) is 11.9. The maximum absolute atomic E-state index is 8.36. The second-order valence-corrected chi connectivity index (χ2v) is 12.3. The standard InChI is InChI=1S/C35H42ClNO4.CH2O2/c1-25-28(11-8-12-30(25)27-13-14-32-35(20-27)39-18-17-38-32)24-41-34-21-33(40-23-26-9-4-2-5-10-26)29(19-31(34)36)22-37-15-6-3-7-16-37;2-1-3/h8,11-14,19-21,26H,2-7,9-10,15-18,22-24H2,1H3;1H,(H,2,3). The molecule has 44 heavy (non-hydrogen) atoms. The zero-order chi connectivity index (χ0) is 30.7. The van der Waals surface area contributed by atoms with Crippen LogP contribution in [0.15, 0.2) is 48.5 Å². The number of rotatable bonds is 9. The van der Waals surface area contributed by atoms with Crippen LogP contribution in [-0.4, -0.2) is 49.4 Å². The van der Waals surface area contributed by atoms with Gasteiger partial charge in [-0.15, -0.1) is 0 Å². The van der Waals surface area contributed by atoms with Crippen LogP contribution in [0.4, 0.5) is 0 Å². The number of halogens is 1. The van der Waals surface area contributed by atoms with Gasteiger partial charge in [0, 0.05) is 18.2 Å². The number of likely N-dealkylation sites (tertiary alicyclic amines) is 1. The van der Waals surface area contributed by atoms with Crippen molar-refractivity contribution in [2.24, 2.45) is 5.92 Å². The first kappa shape index (κ1) is 32.0. The van der Waals surface area contributed by atoms with Crippen LogP contribution in [-0.2, 0) is 17.9 Å². The van der Waals surface area contributed by atoms with Crippen LogP contribution in [0.5, 0.6) is 23.0 Å². The van der Waals surface area contributed by atoms with Gasteiger partial charge < -0.3 is 24.1 Å². The fourth-order valence-electron chi connectivity index (χ4n) is 6.38. The van der Waals surface area contributed by atoms with Crippen LogP contribution in [0.25, 0.3) is 11.1 Å². The number of carboxylic acid groups (broad SMARTS) is 1. The Labute approximate surface area is 266 Å². The molecule has 3 aliphatic rings. The molecule has 0 aromatic heterocycles. The minimum Gasteiger partial charge on any atom is -0.493 e. The van der Waals surface area contributed by atoms with Crippen molar-refractivity contribution in [1.82, 2.24) is 4.90 Å². The summed E-state index contributed by atoms with van der Waals surface area (Å²) in [4.78, 5) is 10.9. The number of hydrogen-bond donors (Lipinski definition) is 1. The molecule has 2 aliphatic heterocycles. The molecule has 1 aliphatic carbocycles. The third kappa shape index (κ3) is 8.39. The Kier molecular flexibility index (Phi) is 11.7. The minimum atomic E-state index is -0.250. The Morgan fingerprint density at radius 2 is 1.61 bits per heavy atom. The summed E-state index contributed by atoms with van der Waals surface area (Å²) in [5, 5.41) is 7.53. The maximum atomic E-state index is 8.36. The van der Waals surface area contributed by atoms with Crippen LogP contribution in [0.1, 0.15) is 68.1 Å². The molecule has 0 atom stereocenters. The molecule has 6 rings (SSSR count). The number of fused-ring (bicyclic) bond motifs is 1. The first-order valence-corrected chi connectivity index (χ1v) is 16.3. The van der Waals surface area contributed by atoms with Gasteiger partial charge in [0.1, 0.15) is 31.3 Å². The van der Waals surface area contributed by atoms with Crippen LogP contribution >= 0.6 is 11.6 Å². The zero-order valence-corrected chi connectivity index (χ0v) is 26.4. The molecule has 7 nitrogen and oxygen atoms in total. The lowest BCUT2D eigenvalue weighted by Crippen LogP contribution is -2.29. The van der Waals surface area contributed by atoms with Crippen LogP contribution in [0.2, 0.25) is 5.02 Å². The smallest absolute Gasteiger partial charge is 0.290 e. The molecular formula is C36H44ClNO6. The SMILES string of the molecule is Cc1c(COc2cc(OCC3CCCCC3)c(CN3CCCCC3)cc2Cl)cccc1-c1ccc2c(c1)OCCO2.O=CO. The zero-order valence-electron chi connectivity index (χ0n) is 25.7. The Bertz CT molecular complexity index is 1380. The van der Waals surface area contributed by atoms with E-state index in [1.807, 2.05) is 12.1 Å². The van der Waals surface area contributed by atoms with Gasteiger partial charge in [-0.1, -0.05) is 61.5 Å². The van der Waals surface area contributed by atoms with Gasteiger partial charge in [-0.3, -0.25) is 9.69 Å². The van der Waals surface area contributed by atoms with E-state index >= 15 is 0 Å². The Morgan fingerprint density at radius 3 is 2.39 bits per heavy atom. The van der Waals surface area contributed by atoms with E-state index < -0.39 is 0 Å². The lowest BCUT2D eigenvalue weighted by Gasteiger charge is -2.28. The quantitative estimate of drug-likeness (QED) is 0.241. The molecule has 0 spiro atoms. The van der Waals surface area contributed by atoms with Crippen molar-refractivity contribution < 1.29 is 28.8 Å². The molecule has 1 saturated heterocycles. The number of hydrogen-bond acceptors (Lipinski definition) is 6. The van der Waals surface area contributed by atoms with E-state index in [0.717, 1.165) is 65.7 Å². The summed E-state index contributed by atoms with van der Waals surface area (Å²) in [7, 11) is 0. The van der Waals surface area contributed by atoms with Crippen molar-refractivity contribution in [2.75, 3.05) is 32.9 Å². The van der Waals surface area contributed by atoms with E-state index in [9.17, 15) is 0 Å². The van der Waals surface area contributed by atoms with E-state index in [1.165, 1.54) is 56.9 Å². The van der Waals surface area contributed by atoms with Crippen molar-refractivity contribution in [3.05, 3.63) is 70.2 Å². The number of piperidine rings is 1. The first-order valence-electron chi connectivity index (χ1n) is 15.9. The molecule has 2 fully saturated rings. The van der Waals surface area contributed by atoms with Gasteiger partial charge in [-0.25, -0.2) is 0 Å². The van der Waals surface area contributed by atoms with E-state index in [0.29, 0.717) is 36.5 Å². The third-order valence-corrected chi connectivity index (χ3v) is 9.13. The van der Waals surface area contributed by atoms with Crippen LogP contribution < -0.4 is 18.9 Å². The van der Waals surface area contributed by atoms with E-state index in [2.05, 4.69) is 48.2 Å². The van der Waals surface area contributed by atoms with Crippen LogP contribution in [0.3, 0.4) is 0 Å². The predicted molar refractivity (Wildman–Crippen MR) is 173 cm³/mol. The molecule has 2 heterocycles. The Balaban J connectivity index is 0.00000123. The number of carbonyl (C=O) groups is 1. The molecule has 1 N–H and O–H groups in total. The summed E-state index contributed by atoms with van der Waals surface area (Å²) < 4.78 is 24.4. The summed E-state index contributed by atoms with van der Waals surface area (Å²) in [6.07, 6.45) is 10.3. The molecule has 3 aromatic carbocycles. The topological polar surface area (TPSA) is 77.5 Å². The molecule has 1 saturated carbocycles. The molecule has 236 valence electrons. The summed E-state index contributed by atoms with van der Waals surface area (Å²) in [5.41, 5.74) is 5.72. The molecular weight excluding hydrogens is 578 g/mol. The average molecular weight is 622 g/mol. The highest BCUT2D eigenvalue weighted by Gasteiger charge is 2.20. The highest BCUT2D eigenvalue weighted by atomic mass is 35.5. The highest BCUT2D eigenvalue weighted by Crippen LogP contribution is 2.38. The number of nitrogens with zero attached hydrogens (tertiary/aromatic N) is 1. The van der Waals surface area contributed by atoms with Gasteiger partial charge in [0.05, 0.1) is 11.6 Å². The largest absolute Gasteiger partial charge is 0.493 e. The fraction of sp³-hybridized carbons (Fsp3) is 0.472. The lowest BCUT2D eigenvalue weighted by atomic mass is 9.90. The summed E-state index contributed by atoms with van der Waals surface area (Å²) >= 11 is 6.84. The minimum absolute atomic E-state index is 0.250.